The molecule has 0 fully saturated rings. The maximum Gasteiger partial charge on any atom is 0.229 e. The van der Waals surface area contributed by atoms with Gasteiger partial charge in [-0.25, -0.2) is 4.68 Å². The molecule has 5 nitrogen and oxygen atoms in total. The van der Waals surface area contributed by atoms with Gasteiger partial charge >= 0.3 is 0 Å². The van der Waals surface area contributed by atoms with Gasteiger partial charge in [-0.15, -0.1) is 22.0 Å². The molecule has 0 amide bonds. The van der Waals surface area contributed by atoms with E-state index in [1.54, 1.807) is 11.8 Å². The number of aryl methyl sites for hydroxylation is 1. The number of thioether (sulfide) groups is 1. The summed E-state index contributed by atoms with van der Waals surface area (Å²) in [6.45, 7) is 3.92. The number of para-hydroxylation sites is 1. The van der Waals surface area contributed by atoms with Crippen LogP contribution in [0.2, 0.25) is 0 Å². The average Bonchev–Trinajstić information content (AvgIpc) is 3.30. The molecule has 2 heterocycles. The van der Waals surface area contributed by atoms with Crippen molar-refractivity contribution >= 4 is 11.8 Å². The Bertz CT molecular complexity index is 840. The molecule has 1 atom stereocenters. The van der Waals surface area contributed by atoms with Gasteiger partial charge in [-0.3, -0.25) is 0 Å². The maximum absolute atomic E-state index is 5.53. The predicted octanol–water partition coefficient (Wildman–Crippen LogP) is 4.05. The number of rotatable bonds is 5. The van der Waals surface area contributed by atoms with Crippen LogP contribution in [-0.4, -0.2) is 20.0 Å². The smallest absolute Gasteiger partial charge is 0.229 e. The Labute approximate surface area is 145 Å². The van der Waals surface area contributed by atoms with Crippen LogP contribution in [0, 0.1) is 6.92 Å². The van der Waals surface area contributed by atoms with E-state index in [0.29, 0.717) is 11.8 Å². The fraction of sp³-hybridized carbons (Fsp3) is 0.389. The third-order valence-electron chi connectivity index (χ3n) is 4.37. The number of benzene rings is 1. The summed E-state index contributed by atoms with van der Waals surface area (Å²) in [5, 5.41) is 13.1. The normalized spacial score (nSPS) is 14.8. The summed E-state index contributed by atoms with van der Waals surface area (Å²) >= 11 is 1.80. The lowest BCUT2D eigenvalue weighted by molar-refractivity contribution is 0.470. The van der Waals surface area contributed by atoms with Crippen LogP contribution in [0.1, 0.15) is 47.3 Å². The highest BCUT2D eigenvalue weighted by atomic mass is 32.2. The van der Waals surface area contributed by atoms with Gasteiger partial charge in [-0.05, 0) is 43.9 Å². The quantitative estimate of drug-likeness (QED) is 0.701. The van der Waals surface area contributed by atoms with Crippen LogP contribution in [-0.2, 0) is 18.6 Å². The fourth-order valence-electron chi connectivity index (χ4n) is 3.16. The van der Waals surface area contributed by atoms with Crippen LogP contribution in [0.25, 0.3) is 5.69 Å². The Hall–Kier alpha value is -2.08. The molecule has 0 bridgehead atoms. The molecule has 1 aliphatic rings. The first kappa shape index (κ1) is 15.4. The molecule has 0 aliphatic heterocycles. The summed E-state index contributed by atoms with van der Waals surface area (Å²) in [6, 6.07) is 10.4. The lowest BCUT2D eigenvalue weighted by atomic mass is 10.2. The van der Waals surface area contributed by atoms with Crippen LogP contribution in [0.3, 0.4) is 0 Å². The van der Waals surface area contributed by atoms with E-state index in [2.05, 4.69) is 46.1 Å². The second-order valence-electron chi connectivity index (χ2n) is 6.09. The lowest BCUT2D eigenvalue weighted by Crippen LogP contribution is -2.01. The second-order valence-corrected chi connectivity index (χ2v) is 7.41. The fourth-order valence-corrected chi connectivity index (χ4v) is 4.04. The monoisotopic (exact) mass is 340 g/mol. The summed E-state index contributed by atoms with van der Waals surface area (Å²) < 4.78 is 7.66. The molecular formula is C18H20N4OS. The molecule has 3 aromatic rings. The molecule has 0 unspecified atom stereocenters. The van der Waals surface area contributed by atoms with Crippen molar-refractivity contribution in [3.05, 3.63) is 59.1 Å². The van der Waals surface area contributed by atoms with Gasteiger partial charge in [0.15, 0.2) is 0 Å². The number of aromatic nitrogens is 4. The summed E-state index contributed by atoms with van der Waals surface area (Å²) in [5.41, 5.74) is 5.14. The average molecular weight is 340 g/mol. The SMILES string of the molecule is Cc1nnc([C@H](C)SCc2nn(-c3ccccc3)c3c2CCC3)o1. The maximum atomic E-state index is 5.53. The molecule has 24 heavy (non-hydrogen) atoms. The highest BCUT2D eigenvalue weighted by Gasteiger charge is 2.24. The molecule has 0 N–H and O–H groups in total. The number of hydrogen-bond acceptors (Lipinski definition) is 5. The van der Waals surface area contributed by atoms with Gasteiger partial charge < -0.3 is 4.42 Å². The third-order valence-corrected chi connectivity index (χ3v) is 5.52. The zero-order valence-electron chi connectivity index (χ0n) is 13.9. The van der Waals surface area contributed by atoms with Gasteiger partial charge in [0, 0.05) is 18.4 Å². The Morgan fingerprint density at radius 2 is 2.04 bits per heavy atom. The van der Waals surface area contributed by atoms with E-state index in [-0.39, 0.29) is 5.25 Å². The minimum Gasteiger partial charge on any atom is -0.424 e. The van der Waals surface area contributed by atoms with E-state index in [9.17, 15) is 0 Å². The van der Waals surface area contributed by atoms with Gasteiger partial charge in [0.25, 0.3) is 0 Å². The van der Waals surface area contributed by atoms with Gasteiger partial charge in [0.2, 0.25) is 11.8 Å². The predicted molar refractivity (Wildman–Crippen MR) is 94.3 cm³/mol. The first-order chi connectivity index (χ1) is 11.7. The minimum atomic E-state index is 0.171. The number of hydrogen-bond donors (Lipinski definition) is 0. The minimum absolute atomic E-state index is 0.171. The van der Waals surface area contributed by atoms with E-state index in [1.165, 1.54) is 23.4 Å². The van der Waals surface area contributed by atoms with Crippen LogP contribution in [0.4, 0.5) is 0 Å². The molecule has 6 heteroatoms. The van der Waals surface area contributed by atoms with Gasteiger partial charge in [-0.2, -0.15) is 5.10 Å². The zero-order chi connectivity index (χ0) is 16.5. The number of nitrogens with zero attached hydrogens (tertiary/aromatic N) is 4. The van der Waals surface area contributed by atoms with Crippen LogP contribution >= 0.6 is 11.8 Å². The molecule has 0 spiro atoms. The van der Waals surface area contributed by atoms with Crippen molar-refractivity contribution in [2.24, 2.45) is 0 Å². The van der Waals surface area contributed by atoms with Gasteiger partial charge in [0.05, 0.1) is 16.6 Å². The summed E-state index contributed by atoms with van der Waals surface area (Å²) in [7, 11) is 0. The molecule has 124 valence electrons. The first-order valence-electron chi connectivity index (χ1n) is 8.29. The van der Waals surface area contributed by atoms with Gasteiger partial charge in [-0.1, -0.05) is 18.2 Å². The largest absolute Gasteiger partial charge is 0.424 e. The lowest BCUT2D eigenvalue weighted by Gasteiger charge is -2.06. The summed E-state index contributed by atoms with van der Waals surface area (Å²) in [4.78, 5) is 0. The topological polar surface area (TPSA) is 56.7 Å². The van der Waals surface area contributed by atoms with E-state index >= 15 is 0 Å². The van der Waals surface area contributed by atoms with E-state index in [0.717, 1.165) is 24.3 Å². The molecule has 0 radical (unpaired) electrons. The van der Waals surface area contributed by atoms with E-state index in [4.69, 9.17) is 9.52 Å². The number of fused-ring (bicyclic) bond motifs is 1. The molecule has 1 aliphatic carbocycles. The van der Waals surface area contributed by atoms with Crippen molar-refractivity contribution in [2.75, 3.05) is 0 Å². The molecule has 4 rings (SSSR count). The van der Waals surface area contributed by atoms with Crippen molar-refractivity contribution in [1.82, 2.24) is 20.0 Å². The summed E-state index contributed by atoms with van der Waals surface area (Å²) in [6.07, 6.45) is 3.46. The zero-order valence-corrected chi connectivity index (χ0v) is 14.7. The Kier molecular flexibility index (Phi) is 4.14. The standard InChI is InChI=1S/C18H20N4OS/c1-12(18-20-19-13(2)23-18)24-11-16-15-9-6-10-17(15)22(21-16)14-7-4-3-5-8-14/h3-5,7-8,12H,6,9-11H2,1-2H3/t12-/m0/s1. The Balaban J connectivity index is 1.56. The highest BCUT2D eigenvalue weighted by molar-refractivity contribution is 7.98. The molecule has 2 aromatic heterocycles. The Morgan fingerprint density at radius 1 is 1.21 bits per heavy atom. The van der Waals surface area contributed by atoms with Crippen LogP contribution in [0.15, 0.2) is 34.7 Å². The van der Waals surface area contributed by atoms with Crippen molar-refractivity contribution < 1.29 is 4.42 Å². The van der Waals surface area contributed by atoms with Crippen LogP contribution in [0.5, 0.6) is 0 Å². The van der Waals surface area contributed by atoms with Crippen LogP contribution < -0.4 is 0 Å². The molecule has 0 saturated carbocycles. The first-order valence-corrected chi connectivity index (χ1v) is 9.34. The van der Waals surface area contributed by atoms with Crippen molar-refractivity contribution in [2.45, 2.75) is 44.1 Å². The molecular weight excluding hydrogens is 320 g/mol. The van der Waals surface area contributed by atoms with Gasteiger partial charge in [0.1, 0.15) is 0 Å². The van der Waals surface area contributed by atoms with E-state index in [1.807, 2.05) is 13.0 Å². The van der Waals surface area contributed by atoms with Crippen molar-refractivity contribution in [3.63, 3.8) is 0 Å². The van der Waals surface area contributed by atoms with Crippen molar-refractivity contribution in [1.29, 1.82) is 0 Å². The summed E-state index contributed by atoms with van der Waals surface area (Å²) in [5.74, 6) is 2.17. The Morgan fingerprint density at radius 3 is 2.79 bits per heavy atom. The highest BCUT2D eigenvalue weighted by Crippen LogP contribution is 2.34. The second kappa shape index (κ2) is 6.43. The van der Waals surface area contributed by atoms with Crippen molar-refractivity contribution in [3.8, 4) is 5.69 Å². The molecule has 1 aromatic carbocycles. The third kappa shape index (κ3) is 2.86. The van der Waals surface area contributed by atoms with E-state index < -0.39 is 0 Å². The molecule has 0 saturated heterocycles.